The molecule has 0 bridgehead atoms. The molecule has 1 aliphatic rings. The number of hydrogen-bond acceptors (Lipinski definition) is 6. The van der Waals surface area contributed by atoms with Gasteiger partial charge in [-0.05, 0) is 35.2 Å². The van der Waals surface area contributed by atoms with Crippen LogP contribution in [-0.4, -0.2) is 37.7 Å². The van der Waals surface area contributed by atoms with Gasteiger partial charge in [0.2, 0.25) is 0 Å². The number of hydrogen-bond donors (Lipinski definition) is 0. The van der Waals surface area contributed by atoms with Gasteiger partial charge in [-0.15, -0.1) is 11.8 Å². The van der Waals surface area contributed by atoms with E-state index in [2.05, 4.69) is 0 Å². The second kappa shape index (κ2) is 10.6. The first kappa shape index (κ1) is 24.3. The Morgan fingerprint density at radius 1 is 0.941 bits per heavy atom. The van der Waals surface area contributed by atoms with Crippen molar-refractivity contribution in [2.45, 2.75) is 36.2 Å². The number of ether oxygens (including phenoxy) is 2. The van der Waals surface area contributed by atoms with Crippen LogP contribution in [0.1, 0.15) is 41.3 Å². The number of nitrogens with zero attached hydrogens (tertiary/aromatic N) is 1. The van der Waals surface area contributed by atoms with E-state index in [9.17, 15) is 13.2 Å². The van der Waals surface area contributed by atoms with Gasteiger partial charge in [0, 0.05) is 11.0 Å². The fourth-order valence-corrected chi connectivity index (χ4v) is 6.42. The summed E-state index contributed by atoms with van der Waals surface area (Å²) >= 11 is 1.31. The molecule has 8 heteroatoms. The molecule has 4 rings (SSSR count). The van der Waals surface area contributed by atoms with E-state index in [4.69, 9.17) is 9.47 Å². The molecule has 3 aromatic rings. The quantitative estimate of drug-likeness (QED) is 0.280. The molecule has 3 aromatic carbocycles. The predicted molar refractivity (Wildman–Crippen MR) is 133 cm³/mol. The standard InChI is InChI=1S/C26H27NO5S2/c1-19(2)23-15-21(32-14-13-31-17-20-9-5-3-6-10-20)16-24-25(23)26(28)27(34(24,29)30)18-33-22-11-7-4-8-12-22/h3-12,15-16,19H,13-14,17-18H2,1-2H3. The van der Waals surface area contributed by atoms with Crippen LogP contribution in [0.4, 0.5) is 0 Å². The number of sulfonamides is 1. The lowest BCUT2D eigenvalue weighted by Gasteiger charge is -2.14. The molecule has 178 valence electrons. The van der Waals surface area contributed by atoms with E-state index in [0.29, 0.717) is 24.5 Å². The van der Waals surface area contributed by atoms with Crippen molar-refractivity contribution >= 4 is 27.7 Å². The van der Waals surface area contributed by atoms with E-state index < -0.39 is 15.9 Å². The van der Waals surface area contributed by atoms with Crippen molar-refractivity contribution in [1.29, 1.82) is 0 Å². The highest BCUT2D eigenvalue weighted by Gasteiger charge is 2.43. The highest BCUT2D eigenvalue weighted by atomic mass is 32.2. The smallest absolute Gasteiger partial charge is 0.270 e. The highest BCUT2D eigenvalue weighted by Crippen LogP contribution is 2.39. The van der Waals surface area contributed by atoms with E-state index in [0.717, 1.165) is 14.8 Å². The van der Waals surface area contributed by atoms with Gasteiger partial charge < -0.3 is 9.47 Å². The summed E-state index contributed by atoms with van der Waals surface area (Å²) in [6.45, 7) is 4.97. The monoisotopic (exact) mass is 497 g/mol. The van der Waals surface area contributed by atoms with Crippen molar-refractivity contribution in [2.24, 2.45) is 0 Å². The molecule has 1 aliphatic heterocycles. The molecule has 0 radical (unpaired) electrons. The number of amides is 1. The maximum absolute atomic E-state index is 13.3. The van der Waals surface area contributed by atoms with Gasteiger partial charge in [-0.1, -0.05) is 62.4 Å². The fraction of sp³-hybridized carbons (Fsp3) is 0.269. The first-order valence-electron chi connectivity index (χ1n) is 11.0. The third-order valence-corrected chi connectivity index (χ3v) is 8.35. The van der Waals surface area contributed by atoms with Gasteiger partial charge in [0.15, 0.2) is 0 Å². The molecule has 0 atom stereocenters. The lowest BCUT2D eigenvalue weighted by molar-refractivity contribution is 0.0880. The van der Waals surface area contributed by atoms with Gasteiger partial charge in [-0.3, -0.25) is 4.79 Å². The molecule has 6 nitrogen and oxygen atoms in total. The van der Waals surface area contributed by atoms with Crippen LogP contribution in [0.5, 0.6) is 5.75 Å². The summed E-state index contributed by atoms with van der Waals surface area (Å²) in [4.78, 5) is 14.1. The minimum atomic E-state index is -3.96. The lowest BCUT2D eigenvalue weighted by atomic mass is 9.96. The van der Waals surface area contributed by atoms with Crippen molar-refractivity contribution < 1.29 is 22.7 Å². The third-order valence-electron chi connectivity index (χ3n) is 5.44. The zero-order valence-electron chi connectivity index (χ0n) is 19.1. The molecule has 1 amide bonds. The Hall–Kier alpha value is -2.81. The van der Waals surface area contributed by atoms with Gasteiger partial charge in [0.25, 0.3) is 15.9 Å². The molecule has 0 saturated heterocycles. The van der Waals surface area contributed by atoms with Crippen LogP contribution in [0.15, 0.2) is 82.6 Å². The van der Waals surface area contributed by atoms with Crippen LogP contribution >= 0.6 is 11.8 Å². The number of fused-ring (bicyclic) bond motifs is 1. The molecule has 1 heterocycles. The van der Waals surface area contributed by atoms with Crippen molar-refractivity contribution in [3.05, 3.63) is 89.5 Å². The molecule has 0 saturated carbocycles. The van der Waals surface area contributed by atoms with Crippen LogP contribution in [0.3, 0.4) is 0 Å². The third kappa shape index (κ3) is 5.29. The molecule has 0 N–H and O–H groups in total. The molecule has 34 heavy (non-hydrogen) atoms. The zero-order chi connectivity index (χ0) is 24.1. The molecule has 0 aliphatic carbocycles. The Balaban J connectivity index is 1.48. The van der Waals surface area contributed by atoms with Gasteiger partial charge >= 0.3 is 0 Å². The summed E-state index contributed by atoms with van der Waals surface area (Å²) in [5, 5.41) is 0. The number of carbonyl (C=O) groups is 1. The Morgan fingerprint density at radius 2 is 1.62 bits per heavy atom. The van der Waals surface area contributed by atoms with Gasteiger partial charge in [-0.2, -0.15) is 0 Å². The van der Waals surface area contributed by atoms with Crippen molar-refractivity contribution in [3.8, 4) is 5.75 Å². The fourth-order valence-electron chi connectivity index (χ4n) is 3.69. The van der Waals surface area contributed by atoms with E-state index in [-0.39, 0.29) is 28.9 Å². The Bertz CT molecular complexity index is 1240. The van der Waals surface area contributed by atoms with Crippen LogP contribution in [0, 0.1) is 0 Å². The SMILES string of the molecule is CC(C)c1cc(OCCOCc2ccccc2)cc2c1C(=O)N(CSc1ccccc1)S2(=O)=O. The highest BCUT2D eigenvalue weighted by molar-refractivity contribution is 8.00. The topological polar surface area (TPSA) is 72.9 Å². The first-order chi connectivity index (χ1) is 16.4. The number of carbonyl (C=O) groups excluding carboxylic acids is 1. The molecule has 0 unspecified atom stereocenters. The molecule has 0 aromatic heterocycles. The second-order valence-electron chi connectivity index (χ2n) is 8.17. The number of thioether (sulfide) groups is 1. The maximum Gasteiger partial charge on any atom is 0.270 e. The maximum atomic E-state index is 13.3. The van der Waals surface area contributed by atoms with Crippen LogP contribution in [0.2, 0.25) is 0 Å². The van der Waals surface area contributed by atoms with Crippen LogP contribution < -0.4 is 4.74 Å². The summed E-state index contributed by atoms with van der Waals surface area (Å²) in [5.74, 6) is -0.104. The van der Waals surface area contributed by atoms with E-state index >= 15 is 0 Å². The summed E-state index contributed by atoms with van der Waals surface area (Å²) in [5.41, 5.74) is 1.98. The van der Waals surface area contributed by atoms with Crippen LogP contribution in [-0.2, 0) is 21.4 Å². The van der Waals surface area contributed by atoms with Crippen molar-refractivity contribution in [3.63, 3.8) is 0 Å². The summed E-state index contributed by atoms with van der Waals surface area (Å²) in [6.07, 6.45) is 0. The number of rotatable bonds is 10. The minimum Gasteiger partial charge on any atom is -0.491 e. The van der Waals surface area contributed by atoms with Gasteiger partial charge in [0.1, 0.15) is 17.3 Å². The number of benzene rings is 3. The lowest BCUT2D eigenvalue weighted by Crippen LogP contribution is -2.29. The van der Waals surface area contributed by atoms with Crippen LogP contribution in [0.25, 0.3) is 0 Å². The molecular weight excluding hydrogens is 470 g/mol. The van der Waals surface area contributed by atoms with Gasteiger partial charge in [0.05, 0.1) is 24.7 Å². The largest absolute Gasteiger partial charge is 0.491 e. The van der Waals surface area contributed by atoms with Gasteiger partial charge in [-0.25, -0.2) is 12.7 Å². The average Bonchev–Trinajstić information content (AvgIpc) is 3.03. The zero-order valence-corrected chi connectivity index (χ0v) is 20.8. The van der Waals surface area contributed by atoms with E-state index in [1.807, 2.05) is 74.5 Å². The van der Waals surface area contributed by atoms with Crippen molar-refractivity contribution in [2.75, 3.05) is 19.1 Å². The molecular formula is C26H27NO5S2. The van der Waals surface area contributed by atoms with E-state index in [1.165, 1.54) is 17.8 Å². The summed E-state index contributed by atoms with van der Waals surface area (Å²) in [6, 6.07) is 22.5. The second-order valence-corrected chi connectivity index (χ2v) is 11.0. The Kier molecular flexibility index (Phi) is 7.60. The summed E-state index contributed by atoms with van der Waals surface area (Å²) in [7, 11) is -3.96. The minimum absolute atomic E-state index is 0.0116. The first-order valence-corrected chi connectivity index (χ1v) is 13.5. The van der Waals surface area contributed by atoms with E-state index in [1.54, 1.807) is 6.07 Å². The molecule has 0 fully saturated rings. The normalized spacial score (nSPS) is 14.4. The summed E-state index contributed by atoms with van der Waals surface area (Å²) < 4.78 is 39.0. The Labute approximate surface area is 204 Å². The average molecular weight is 498 g/mol. The predicted octanol–water partition coefficient (Wildman–Crippen LogP) is 5.30. The Morgan fingerprint density at radius 3 is 2.29 bits per heavy atom. The van der Waals surface area contributed by atoms with Crippen molar-refractivity contribution in [1.82, 2.24) is 4.31 Å². The molecule has 0 spiro atoms.